The maximum atomic E-state index is 13.0. The summed E-state index contributed by atoms with van der Waals surface area (Å²) in [6.07, 6.45) is 7.23. The molecule has 1 aromatic rings. The van der Waals surface area contributed by atoms with Gasteiger partial charge in [0.1, 0.15) is 18.4 Å². The van der Waals surface area contributed by atoms with Crippen molar-refractivity contribution in [2.45, 2.75) is 63.1 Å². The molecule has 3 atom stereocenters. The highest BCUT2D eigenvalue weighted by Gasteiger charge is 2.27. The summed E-state index contributed by atoms with van der Waals surface area (Å²) < 4.78 is 0. The van der Waals surface area contributed by atoms with E-state index >= 15 is 0 Å². The molecule has 1 rings (SSSR count). The van der Waals surface area contributed by atoms with E-state index < -0.39 is 35.9 Å². The van der Waals surface area contributed by atoms with Gasteiger partial charge < -0.3 is 44.4 Å². The molecule has 2 amide bonds. The van der Waals surface area contributed by atoms with Gasteiger partial charge in [-0.15, -0.1) is 0 Å². The molecular weight excluding hydrogens is 470 g/mol. The summed E-state index contributed by atoms with van der Waals surface area (Å²) >= 11 is 0. The highest BCUT2D eigenvalue weighted by Crippen LogP contribution is 2.08. The summed E-state index contributed by atoms with van der Waals surface area (Å²) in [5.41, 5.74) is 27.9. The van der Waals surface area contributed by atoms with Gasteiger partial charge in [0.25, 0.3) is 0 Å². The third-order valence-electron chi connectivity index (χ3n) is 5.07. The molecule has 0 spiro atoms. The van der Waals surface area contributed by atoms with Gasteiger partial charge in [0.05, 0.1) is 6.04 Å². The van der Waals surface area contributed by atoms with Crippen molar-refractivity contribution in [2.75, 3.05) is 13.1 Å². The first-order valence-electron chi connectivity index (χ1n) is 11.5. The van der Waals surface area contributed by atoms with Crippen LogP contribution in [-0.4, -0.2) is 76.0 Å². The molecule has 0 radical (unpaired) electrons. The Morgan fingerprint density at radius 2 is 1.36 bits per heavy atom. The molecule has 0 aromatic carbocycles. The normalized spacial score (nSPS) is 13.0. The third kappa shape index (κ3) is 13.0. The number of carboxylic acids is 1. The summed E-state index contributed by atoms with van der Waals surface area (Å²) in [5.74, 6) is -2.54. The van der Waals surface area contributed by atoms with Crippen molar-refractivity contribution in [2.24, 2.45) is 38.7 Å². The lowest BCUT2D eigenvalue weighted by Crippen LogP contribution is -2.54. The number of aryl methyl sites for hydroxylation is 1. The summed E-state index contributed by atoms with van der Waals surface area (Å²) in [6, 6.07) is -3.07. The molecule has 36 heavy (non-hydrogen) atoms. The van der Waals surface area contributed by atoms with Gasteiger partial charge in [-0.05, 0) is 50.5 Å². The standard InChI is InChI=1S/C21H37N11O4/c22-14(5-2-8-29-20(23)24)17(33)31-15(6-1-4-13-10-27-12-28-11-13)18(34)32-16(19(35)36)7-3-9-30-21(25)26/h10-12,14-16H,1-9,22H2,(H,31,33)(H,32,34)(H,35,36)(H4,23,24,29)(H4,25,26,30)/t14-,15-,16-/m1/s1. The van der Waals surface area contributed by atoms with Crippen LogP contribution in [0, 0.1) is 0 Å². The van der Waals surface area contributed by atoms with E-state index in [0.29, 0.717) is 38.6 Å². The van der Waals surface area contributed by atoms with Gasteiger partial charge in [0, 0.05) is 25.5 Å². The van der Waals surface area contributed by atoms with Crippen molar-refractivity contribution in [3.8, 4) is 0 Å². The quantitative estimate of drug-likeness (QED) is 0.0609. The van der Waals surface area contributed by atoms with Crippen LogP contribution in [0.15, 0.2) is 28.7 Å². The number of amides is 2. The van der Waals surface area contributed by atoms with Gasteiger partial charge in [-0.2, -0.15) is 0 Å². The van der Waals surface area contributed by atoms with Crippen molar-refractivity contribution in [1.82, 2.24) is 20.6 Å². The number of carbonyl (C=O) groups is 3. The second-order valence-electron chi connectivity index (χ2n) is 8.10. The second kappa shape index (κ2) is 16.6. The number of nitrogens with zero attached hydrogens (tertiary/aromatic N) is 4. The maximum Gasteiger partial charge on any atom is 0.326 e. The molecule has 0 fully saturated rings. The zero-order valence-electron chi connectivity index (χ0n) is 20.2. The SMILES string of the molecule is NC(N)=NCCC[C@@H](N)C(=O)N[C@H](CCCc1cncnc1)C(=O)N[C@H](CCCN=C(N)N)C(=O)O. The maximum absolute atomic E-state index is 13.0. The van der Waals surface area contributed by atoms with Crippen molar-refractivity contribution in [3.63, 3.8) is 0 Å². The minimum absolute atomic E-state index is 0.0557. The fourth-order valence-electron chi connectivity index (χ4n) is 3.20. The first-order chi connectivity index (χ1) is 17.1. The van der Waals surface area contributed by atoms with Crippen LogP contribution in [-0.2, 0) is 20.8 Å². The third-order valence-corrected chi connectivity index (χ3v) is 5.07. The molecule has 200 valence electrons. The topological polar surface area (TPSA) is 276 Å². The van der Waals surface area contributed by atoms with E-state index in [4.69, 9.17) is 28.7 Å². The second-order valence-corrected chi connectivity index (χ2v) is 8.10. The van der Waals surface area contributed by atoms with E-state index in [1.54, 1.807) is 12.4 Å². The number of nitrogens with one attached hydrogen (secondary N) is 2. The number of hydrogen-bond acceptors (Lipinski definition) is 8. The van der Waals surface area contributed by atoms with E-state index in [2.05, 4.69) is 30.6 Å². The average molecular weight is 508 g/mol. The number of aromatic nitrogens is 2. The minimum Gasteiger partial charge on any atom is -0.480 e. The van der Waals surface area contributed by atoms with Crippen molar-refractivity contribution in [3.05, 3.63) is 24.3 Å². The van der Waals surface area contributed by atoms with Gasteiger partial charge in [0.15, 0.2) is 11.9 Å². The molecule has 15 nitrogen and oxygen atoms in total. The van der Waals surface area contributed by atoms with Crippen LogP contribution >= 0.6 is 0 Å². The summed E-state index contributed by atoms with van der Waals surface area (Å²) in [4.78, 5) is 52.8. The zero-order chi connectivity index (χ0) is 26.9. The van der Waals surface area contributed by atoms with Gasteiger partial charge in [-0.3, -0.25) is 19.6 Å². The first-order valence-corrected chi connectivity index (χ1v) is 11.5. The lowest BCUT2D eigenvalue weighted by molar-refractivity contribution is -0.142. The molecule has 0 aliphatic carbocycles. The Kier molecular flexibility index (Phi) is 13.8. The number of nitrogens with two attached hydrogens (primary N) is 5. The highest BCUT2D eigenvalue weighted by atomic mass is 16.4. The Morgan fingerprint density at radius 3 is 1.92 bits per heavy atom. The Morgan fingerprint density at radius 1 is 0.833 bits per heavy atom. The number of carbonyl (C=O) groups excluding carboxylic acids is 2. The predicted octanol–water partition coefficient (Wildman–Crippen LogP) is -2.71. The summed E-state index contributed by atoms with van der Waals surface area (Å²) in [5, 5.41) is 14.6. The minimum atomic E-state index is -1.21. The molecule has 1 heterocycles. The summed E-state index contributed by atoms with van der Waals surface area (Å²) in [6.45, 7) is 0.530. The number of hydrogen-bond donors (Lipinski definition) is 8. The molecule has 15 heteroatoms. The van der Waals surface area contributed by atoms with E-state index in [-0.39, 0.29) is 31.3 Å². The van der Waals surface area contributed by atoms with Crippen molar-refractivity contribution in [1.29, 1.82) is 0 Å². The predicted molar refractivity (Wildman–Crippen MR) is 134 cm³/mol. The molecule has 0 aliphatic rings. The Balaban J connectivity index is 2.79. The van der Waals surface area contributed by atoms with Gasteiger partial charge >= 0.3 is 5.97 Å². The Hall–Kier alpha value is -4.01. The van der Waals surface area contributed by atoms with Crippen LogP contribution < -0.4 is 39.3 Å². The Labute approximate surface area is 209 Å². The van der Waals surface area contributed by atoms with Crippen LogP contribution in [0.25, 0.3) is 0 Å². The van der Waals surface area contributed by atoms with E-state index in [1.807, 2.05) is 0 Å². The highest BCUT2D eigenvalue weighted by molar-refractivity contribution is 5.91. The number of rotatable bonds is 17. The molecule has 0 saturated carbocycles. The van der Waals surface area contributed by atoms with E-state index in [1.165, 1.54) is 6.33 Å². The van der Waals surface area contributed by atoms with Crippen molar-refractivity contribution < 1.29 is 19.5 Å². The summed E-state index contributed by atoms with van der Waals surface area (Å²) in [7, 11) is 0. The van der Waals surface area contributed by atoms with Gasteiger partial charge in [0.2, 0.25) is 11.8 Å². The molecular formula is C21H37N11O4. The number of guanidine groups is 2. The molecule has 0 saturated heterocycles. The van der Waals surface area contributed by atoms with Crippen molar-refractivity contribution >= 4 is 29.7 Å². The molecule has 0 unspecified atom stereocenters. The zero-order valence-corrected chi connectivity index (χ0v) is 20.2. The van der Waals surface area contributed by atoms with Crippen LogP contribution in [0.2, 0.25) is 0 Å². The van der Waals surface area contributed by atoms with Gasteiger partial charge in [-0.25, -0.2) is 14.8 Å². The van der Waals surface area contributed by atoms with E-state index in [0.717, 1.165) is 5.56 Å². The monoisotopic (exact) mass is 507 g/mol. The molecule has 1 aromatic heterocycles. The average Bonchev–Trinajstić information content (AvgIpc) is 2.82. The van der Waals surface area contributed by atoms with Crippen LogP contribution in [0.4, 0.5) is 0 Å². The van der Waals surface area contributed by atoms with E-state index in [9.17, 15) is 19.5 Å². The molecule has 13 N–H and O–H groups in total. The van der Waals surface area contributed by atoms with Crippen LogP contribution in [0.5, 0.6) is 0 Å². The molecule has 0 aliphatic heterocycles. The van der Waals surface area contributed by atoms with Crippen LogP contribution in [0.3, 0.4) is 0 Å². The number of aliphatic carboxylic acids is 1. The smallest absolute Gasteiger partial charge is 0.326 e. The Bertz CT molecular complexity index is 887. The largest absolute Gasteiger partial charge is 0.480 e. The lowest BCUT2D eigenvalue weighted by atomic mass is 10.0. The van der Waals surface area contributed by atoms with Crippen LogP contribution in [0.1, 0.15) is 44.1 Å². The first kappa shape index (κ1) is 30.0. The molecule has 0 bridgehead atoms. The van der Waals surface area contributed by atoms with Gasteiger partial charge in [-0.1, -0.05) is 0 Å². The number of carboxylic acid groups (broad SMARTS) is 1. The fourth-order valence-corrected chi connectivity index (χ4v) is 3.20. The fraction of sp³-hybridized carbons (Fsp3) is 0.571. The lowest BCUT2D eigenvalue weighted by Gasteiger charge is -2.23. The number of aliphatic imine (C=N–C) groups is 2.